The van der Waals surface area contributed by atoms with E-state index in [2.05, 4.69) is 4.98 Å². The van der Waals surface area contributed by atoms with Crippen LogP contribution in [0.1, 0.15) is 23.2 Å². The minimum Gasteiger partial charge on any atom is -0.505 e. The first-order valence-electron chi connectivity index (χ1n) is 5.29. The SMILES string of the molecule is O=C(c1ccncc1O)N1CCC[C@H](O)C1. The maximum absolute atomic E-state index is 12.0. The third-order valence-electron chi connectivity index (χ3n) is 2.71. The van der Waals surface area contributed by atoms with Crippen molar-refractivity contribution in [2.45, 2.75) is 18.9 Å². The standard InChI is InChI=1S/C11H14N2O3/c14-8-2-1-5-13(7-8)11(16)9-3-4-12-6-10(9)15/h3-4,6,8,14-15H,1-2,5,7H2/t8-/m0/s1. The summed E-state index contributed by atoms with van der Waals surface area (Å²) in [5.41, 5.74) is 0.240. The molecule has 1 amide bonds. The summed E-state index contributed by atoms with van der Waals surface area (Å²) in [6.45, 7) is 0.957. The first kappa shape index (κ1) is 10.9. The van der Waals surface area contributed by atoms with Crippen molar-refractivity contribution in [3.8, 4) is 5.75 Å². The molecular formula is C11H14N2O3. The maximum atomic E-state index is 12.0. The minimum absolute atomic E-state index is 0.118. The molecule has 2 heterocycles. The normalized spacial score (nSPS) is 20.8. The van der Waals surface area contributed by atoms with Gasteiger partial charge < -0.3 is 15.1 Å². The number of likely N-dealkylation sites (tertiary alicyclic amines) is 1. The molecule has 1 aliphatic rings. The number of rotatable bonds is 1. The molecule has 0 bridgehead atoms. The number of nitrogens with zero attached hydrogens (tertiary/aromatic N) is 2. The second-order valence-corrected chi connectivity index (χ2v) is 3.94. The van der Waals surface area contributed by atoms with Crippen molar-refractivity contribution in [3.05, 3.63) is 24.0 Å². The summed E-state index contributed by atoms with van der Waals surface area (Å²) in [5, 5.41) is 19.0. The number of hydrogen-bond donors (Lipinski definition) is 2. The Balaban J connectivity index is 2.16. The lowest BCUT2D eigenvalue weighted by Crippen LogP contribution is -2.42. The van der Waals surface area contributed by atoms with E-state index in [0.29, 0.717) is 13.1 Å². The van der Waals surface area contributed by atoms with E-state index in [1.807, 2.05) is 0 Å². The number of piperidine rings is 1. The molecule has 5 heteroatoms. The molecule has 2 rings (SSSR count). The van der Waals surface area contributed by atoms with Crippen LogP contribution in [0.5, 0.6) is 5.75 Å². The molecule has 16 heavy (non-hydrogen) atoms. The van der Waals surface area contributed by atoms with Crippen molar-refractivity contribution in [2.24, 2.45) is 0 Å². The van der Waals surface area contributed by atoms with Crippen molar-refractivity contribution in [1.82, 2.24) is 9.88 Å². The van der Waals surface area contributed by atoms with E-state index in [4.69, 9.17) is 0 Å². The quantitative estimate of drug-likeness (QED) is 0.720. The average molecular weight is 222 g/mol. The molecular weight excluding hydrogens is 208 g/mol. The second kappa shape index (κ2) is 4.49. The highest BCUT2D eigenvalue weighted by molar-refractivity contribution is 5.96. The molecule has 0 unspecified atom stereocenters. The van der Waals surface area contributed by atoms with Gasteiger partial charge in [-0.25, -0.2) is 0 Å². The van der Waals surface area contributed by atoms with E-state index in [0.717, 1.165) is 12.8 Å². The molecule has 0 spiro atoms. The molecule has 1 saturated heterocycles. The van der Waals surface area contributed by atoms with Crippen molar-refractivity contribution < 1.29 is 15.0 Å². The fourth-order valence-electron chi connectivity index (χ4n) is 1.88. The summed E-state index contributed by atoms with van der Waals surface area (Å²) < 4.78 is 0. The van der Waals surface area contributed by atoms with E-state index < -0.39 is 6.10 Å². The Morgan fingerprint density at radius 2 is 2.38 bits per heavy atom. The number of amides is 1. The maximum Gasteiger partial charge on any atom is 0.257 e. The van der Waals surface area contributed by atoms with Gasteiger partial charge in [0.1, 0.15) is 5.75 Å². The Morgan fingerprint density at radius 1 is 1.56 bits per heavy atom. The molecule has 0 aromatic carbocycles. The van der Waals surface area contributed by atoms with E-state index in [-0.39, 0.29) is 17.2 Å². The van der Waals surface area contributed by atoms with Gasteiger partial charge in [0, 0.05) is 19.3 Å². The Kier molecular flexibility index (Phi) is 3.05. The first-order valence-corrected chi connectivity index (χ1v) is 5.29. The van der Waals surface area contributed by atoms with Crippen LogP contribution in [0.15, 0.2) is 18.5 Å². The monoisotopic (exact) mass is 222 g/mol. The Labute approximate surface area is 93.3 Å². The third-order valence-corrected chi connectivity index (χ3v) is 2.71. The number of pyridine rings is 1. The molecule has 1 atom stereocenters. The van der Waals surface area contributed by atoms with E-state index in [9.17, 15) is 15.0 Å². The molecule has 1 aromatic rings. The number of aliphatic hydroxyl groups excluding tert-OH is 1. The molecule has 1 aliphatic heterocycles. The third kappa shape index (κ3) is 2.14. The Hall–Kier alpha value is -1.62. The van der Waals surface area contributed by atoms with Gasteiger partial charge in [0.2, 0.25) is 0 Å². The summed E-state index contributed by atoms with van der Waals surface area (Å²) in [7, 11) is 0. The lowest BCUT2D eigenvalue weighted by Gasteiger charge is -2.30. The number of β-amino-alcohol motifs (C(OH)–C–C–N with tert-alkyl or cyclic N) is 1. The Bertz CT molecular complexity index is 395. The van der Waals surface area contributed by atoms with Crippen LogP contribution >= 0.6 is 0 Å². The summed E-state index contributed by atoms with van der Waals surface area (Å²) in [5.74, 6) is -0.369. The van der Waals surface area contributed by atoms with Crippen LogP contribution in [-0.2, 0) is 0 Å². The number of carbonyl (C=O) groups is 1. The van der Waals surface area contributed by atoms with E-state index >= 15 is 0 Å². The molecule has 1 aromatic heterocycles. The largest absolute Gasteiger partial charge is 0.505 e. The van der Waals surface area contributed by atoms with Gasteiger partial charge >= 0.3 is 0 Å². The fraction of sp³-hybridized carbons (Fsp3) is 0.455. The van der Waals surface area contributed by atoms with E-state index in [1.54, 1.807) is 4.90 Å². The van der Waals surface area contributed by atoms with Crippen molar-refractivity contribution in [3.63, 3.8) is 0 Å². The molecule has 1 fully saturated rings. The van der Waals surface area contributed by atoms with Gasteiger partial charge in [0.25, 0.3) is 5.91 Å². The molecule has 86 valence electrons. The van der Waals surface area contributed by atoms with Crippen LogP contribution in [0.4, 0.5) is 0 Å². The molecule has 0 aliphatic carbocycles. The second-order valence-electron chi connectivity index (χ2n) is 3.94. The number of carbonyl (C=O) groups excluding carboxylic acids is 1. The zero-order valence-electron chi connectivity index (χ0n) is 8.83. The van der Waals surface area contributed by atoms with Gasteiger partial charge in [-0.2, -0.15) is 0 Å². The summed E-state index contributed by atoms with van der Waals surface area (Å²) in [6.07, 6.45) is 3.77. The van der Waals surface area contributed by atoms with Gasteiger partial charge in [-0.05, 0) is 18.9 Å². The number of hydrogen-bond acceptors (Lipinski definition) is 4. The predicted octanol–water partition coefficient (Wildman–Crippen LogP) is 0.384. The highest BCUT2D eigenvalue weighted by atomic mass is 16.3. The fourth-order valence-corrected chi connectivity index (χ4v) is 1.88. The number of aliphatic hydroxyl groups is 1. The summed E-state index contributed by atoms with van der Waals surface area (Å²) >= 11 is 0. The summed E-state index contributed by atoms with van der Waals surface area (Å²) in [4.78, 5) is 17.3. The van der Waals surface area contributed by atoms with Crippen LogP contribution < -0.4 is 0 Å². The Morgan fingerprint density at radius 3 is 3.06 bits per heavy atom. The molecule has 5 nitrogen and oxygen atoms in total. The van der Waals surface area contributed by atoms with Gasteiger partial charge in [0.15, 0.2) is 0 Å². The van der Waals surface area contributed by atoms with Crippen LogP contribution in [0.3, 0.4) is 0 Å². The van der Waals surface area contributed by atoms with Crippen molar-refractivity contribution in [2.75, 3.05) is 13.1 Å². The lowest BCUT2D eigenvalue weighted by atomic mass is 10.1. The minimum atomic E-state index is -0.457. The number of aromatic nitrogens is 1. The molecule has 0 saturated carbocycles. The predicted molar refractivity (Wildman–Crippen MR) is 57.0 cm³/mol. The summed E-state index contributed by atoms with van der Waals surface area (Å²) in [6, 6.07) is 1.48. The first-order chi connectivity index (χ1) is 7.68. The van der Waals surface area contributed by atoms with Crippen LogP contribution in [-0.4, -0.2) is 45.2 Å². The van der Waals surface area contributed by atoms with Crippen LogP contribution in [0.25, 0.3) is 0 Å². The molecule has 0 radical (unpaired) electrons. The van der Waals surface area contributed by atoms with Gasteiger partial charge in [-0.1, -0.05) is 0 Å². The zero-order chi connectivity index (χ0) is 11.5. The van der Waals surface area contributed by atoms with Crippen molar-refractivity contribution in [1.29, 1.82) is 0 Å². The van der Waals surface area contributed by atoms with Gasteiger partial charge in [-0.3, -0.25) is 9.78 Å². The van der Waals surface area contributed by atoms with Crippen LogP contribution in [0.2, 0.25) is 0 Å². The highest BCUT2D eigenvalue weighted by Crippen LogP contribution is 2.19. The lowest BCUT2D eigenvalue weighted by molar-refractivity contribution is 0.0471. The molecule has 2 N–H and O–H groups in total. The van der Waals surface area contributed by atoms with E-state index in [1.165, 1.54) is 18.5 Å². The zero-order valence-corrected chi connectivity index (χ0v) is 8.83. The number of aromatic hydroxyl groups is 1. The van der Waals surface area contributed by atoms with Crippen molar-refractivity contribution >= 4 is 5.91 Å². The van der Waals surface area contributed by atoms with Gasteiger partial charge in [-0.15, -0.1) is 0 Å². The highest BCUT2D eigenvalue weighted by Gasteiger charge is 2.24. The average Bonchev–Trinajstić information content (AvgIpc) is 2.29. The van der Waals surface area contributed by atoms with Gasteiger partial charge in [0.05, 0.1) is 17.9 Å². The smallest absolute Gasteiger partial charge is 0.257 e. The topological polar surface area (TPSA) is 73.7 Å². The van der Waals surface area contributed by atoms with Crippen LogP contribution in [0, 0.1) is 0 Å².